The Kier molecular flexibility index (Phi) is 8.36. The summed E-state index contributed by atoms with van der Waals surface area (Å²) in [5.74, 6) is 0.140. The van der Waals surface area contributed by atoms with Crippen molar-refractivity contribution in [3.63, 3.8) is 0 Å². The van der Waals surface area contributed by atoms with Gasteiger partial charge in [-0.05, 0) is 142 Å². The zero-order valence-electron chi connectivity index (χ0n) is 28.9. The van der Waals surface area contributed by atoms with Crippen LogP contribution in [0.1, 0.15) is 84.2 Å². The van der Waals surface area contributed by atoms with Crippen LogP contribution in [0.25, 0.3) is 33.4 Å². The topological polar surface area (TPSA) is 0 Å². The quantitative estimate of drug-likeness (QED) is 0.150. The number of fused-ring (bicyclic) bond motifs is 9. The van der Waals surface area contributed by atoms with Crippen molar-refractivity contribution in [3.05, 3.63) is 176 Å². The molecular formula is C45H39B3. The van der Waals surface area contributed by atoms with Gasteiger partial charge in [-0.3, -0.25) is 0 Å². The molecule has 9 rings (SSSR count). The first-order chi connectivity index (χ1) is 23.0. The fourth-order valence-electron chi connectivity index (χ4n) is 7.91. The van der Waals surface area contributed by atoms with Crippen LogP contribution in [-0.2, 0) is 0 Å². The van der Waals surface area contributed by atoms with Crippen LogP contribution >= 0.6 is 0 Å². The monoisotopic (exact) mass is 612 g/mol. The maximum atomic E-state index is 6.30. The molecule has 6 radical (unpaired) electrons. The highest BCUT2D eigenvalue weighted by Gasteiger charge is 2.28. The Bertz CT molecular complexity index is 2110. The third-order valence-corrected chi connectivity index (χ3v) is 10.4. The van der Waals surface area contributed by atoms with E-state index in [2.05, 4.69) is 151 Å². The predicted molar refractivity (Wildman–Crippen MR) is 207 cm³/mol. The number of aryl methyl sites for hydroxylation is 6. The summed E-state index contributed by atoms with van der Waals surface area (Å²) in [6.45, 7) is 12.9. The molecule has 0 aromatic heterocycles. The lowest BCUT2D eigenvalue weighted by molar-refractivity contribution is 1.19. The molecule has 0 saturated heterocycles. The van der Waals surface area contributed by atoms with E-state index in [0.29, 0.717) is 0 Å². The Morgan fingerprint density at radius 1 is 0.333 bits per heavy atom. The van der Waals surface area contributed by atoms with E-state index in [9.17, 15) is 0 Å². The minimum absolute atomic E-state index is 0.0461. The Morgan fingerprint density at radius 3 is 1.08 bits per heavy atom. The maximum absolute atomic E-state index is 6.30. The Labute approximate surface area is 290 Å². The van der Waals surface area contributed by atoms with Crippen LogP contribution in [0, 0.1) is 41.5 Å². The van der Waals surface area contributed by atoms with E-state index in [-0.39, 0.29) is 17.5 Å². The second kappa shape index (κ2) is 12.5. The largest absolute Gasteiger partial charge is 0.0828 e. The lowest BCUT2D eigenvalue weighted by Crippen LogP contribution is -1.94. The summed E-state index contributed by atoms with van der Waals surface area (Å²) in [5, 5.41) is 0. The van der Waals surface area contributed by atoms with Crippen molar-refractivity contribution in [2.24, 2.45) is 0 Å². The molecule has 6 aromatic carbocycles. The molecule has 228 valence electrons. The molecule has 0 bridgehead atoms. The lowest BCUT2D eigenvalue weighted by atomic mass is 9.79. The Morgan fingerprint density at radius 2 is 0.646 bits per heavy atom. The van der Waals surface area contributed by atoms with Crippen LogP contribution in [0.2, 0.25) is 0 Å². The summed E-state index contributed by atoms with van der Waals surface area (Å²) in [7, 11) is 18.8. The molecule has 3 aliphatic carbocycles. The zero-order chi connectivity index (χ0) is 33.9. The smallest absolute Gasteiger partial charge is 0.0617 e. The average Bonchev–Trinajstić information content (AvgIpc) is 3.64. The fourth-order valence-corrected chi connectivity index (χ4v) is 7.91. The summed E-state index contributed by atoms with van der Waals surface area (Å²) >= 11 is 0. The van der Waals surface area contributed by atoms with Crippen molar-refractivity contribution < 1.29 is 0 Å². The van der Waals surface area contributed by atoms with Crippen LogP contribution in [-0.4, -0.2) is 23.5 Å². The standard InChI is InChI=1S/3C15H13B/c1-9-3-5-11-13(7-9)14-8-10(2)4-6-12(14)15(11)16;1-9-5-3-7-11-13(9)14-10(2)6-4-8-12(14)15(11)16;1-9-6-7-11-13(8-9)14-10(2)4-3-5-12(14)15(11)16/h3*3-8,15H,1-2H3. The molecule has 0 heterocycles. The second-order valence-electron chi connectivity index (χ2n) is 13.8. The number of rotatable bonds is 0. The van der Waals surface area contributed by atoms with Crippen molar-refractivity contribution in [2.45, 2.75) is 59.0 Å². The first-order valence-corrected chi connectivity index (χ1v) is 16.9. The highest BCUT2D eigenvalue weighted by atomic mass is 14.3. The van der Waals surface area contributed by atoms with E-state index in [0.717, 1.165) is 0 Å². The molecule has 3 aliphatic rings. The molecule has 0 nitrogen and oxygen atoms in total. The molecule has 0 fully saturated rings. The van der Waals surface area contributed by atoms with E-state index in [1.54, 1.807) is 0 Å². The molecular weight excluding hydrogens is 573 g/mol. The van der Waals surface area contributed by atoms with Gasteiger partial charge < -0.3 is 0 Å². The Hall–Kier alpha value is -4.49. The van der Waals surface area contributed by atoms with Crippen LogP contribution < -0.4 is 0 Å². The van der Waals surface area contributed by atoms with Gasteiger partial charge in [0.15, 0.2) is 0 Å². The van der Waals surface area contributed by atoms with Crippen molar-refractivity contribution in [1.82, 2.24) is 0 Å². The van der Waals surface area contributed by atoms with Gasteiger partial charge in [-0.1, -0.05) is 126 Å². The summed E-state index contributed by atoms with van der Waals surface area (Å²) in [4.78, 5) is 0. The van der Waals surface area contributed by atoms with Gasteiger partial charge in [0.1, 0.15) is 0 Å². The molecule has 1 unspecified atom stereocenters. The van der Waals surface area contributed by atoms with Crippen molar-refractivity contribution >= 4 is 23.5 Å². The average molecular weight is 612 g/mol. The number of hydrogen-bond acceptors (Lipinski definition) is 0. The molecule has 0 N–H and O–H groups in total. The van der Waals surface area contributed by atoms with E-state index in [1.165, 1.54) is 100 Å². The summed E-state index contributed by atoms with van der Waals surface area (Å²) < 4.78 is 0. The van der Waals surface area contributed by atoms with Gasteiger partial charge in [0.2, 0.25) is 0 Å². The van der Waals surface area contributed by atoms with Gasteiger partial charge in [-0.15, -0.1) is 0 Å². The summed E-state index contributed by atoms with van der Waals surface area (Å²) in [5.41, 5.74) is 23.4. The van der Waals surface area contributed by atoms with Crippen LogP contribution in [0.3, 0.4) is 0 Å². The van der Waals surface area contributed by atoms with Crippen LogP contribution in [0.5, 0.6) is 0 Å². The second-order valence-corrected chi connectivity index (χ2v) is 13.8. The van der Waals surface area contributed by atoms with Gasteiger partial charge in [-0.2, -0.15) is 0 Å². The highest BCUT2D eigenvalue weighted by molar-refractivity contribution is 6.18. The SMILES string of the molecule is [B]C1c2ccc(C)cc2-c2c(C)cccc21.[B]C1c2ccc(C)cc2-c2cc(C)ccc21.[B]C1c2cccc(C)c2-c2c(C)cccc21. The van der Waals surface area contributed by atoms with E-state index >= 15 is 0 Å². The number of hydrogen-bond donors (Lipinski definition) is 0. The van der Waals surface area contributed by atoms with Gasteiger partial charge in [0, 0.05) is 0 Å². The van der Waals surface area contributed by atoms with E-state index in [4.69, 9.17) is 23.5 Å². The van der Waals surface area contributed by atoms with Gasteiger partial charge in [0.05, 0.1) is 23.5 Å². The normalized spacial score (nSPS) is 14.8. The van der Waals surface area contributed by atoms with Gasteiger partial charge in [0.25, 0.3) is 0 Å². The lowest BCUT2D eigenvalue weighted by Gasteiger charge is -2.07. The summed E-state index contributed by atoms with van der Waals surface area (Å²) in [6.07, 6.45) is 0. The minimum Gasteiger partial charge on any atom is -0.0617 e. The Balaban J connectivity index is 0.000000114. The third-order valence-electron chi connectivity index (χ3n) is 10.4. The molecule has 1 atom stereocenters. The van der Waals surface area contributed by atoms with Gasteiger partial charge in [-0.25, -0.2) is 0 Å². The highest BCUT2D eigenvalue weighted by Crippen LogP contribution is 2.47. The van der Waals surface area contributed by atoms with Gasteiger partial charge >= 0.3 is 0 Å². The molecule has 3 heteroatoms. The van der Waals surface area contributed by atoms with E-state index in [1.807, 2.05) is 0 Å². The van der Waals surface area contributed by atoms with E-state index < -0.39 is 0 Å². The molecule has 6 aromatic rings. The van der Waals surface area contributed by atoms with Crippen LogP contribution in [0.15, 0.2) is 109 Å². The molecule has 48 heavy (non-hydrogen) atoms. The van der Waals surface area contributed by atoms with Crippen molar-refractivity contribution in [3.8, 4) is 33.4 Å². The first kappa shape index (κ1) is 32.1. The summed E-state index contributed by atoms with van der Waals surface area (Å²) in [6, 6.07) is 38.8. The predicted octanol–water partition coefficient (Wildman–Crippen LogP) is 10.6. The maximum Gasteiger partial charge on any atom is 0.0828 e. The van der Waals surface area contributed by atoms with Crippen molar-refractivity contribution in [1.29, 1.82) is 0 Å². The fraction of sp³-hybridized carbons (Fsp3) is 0.200. The number of benzene rings is 6. The zero-order valence-corrected chi connectivity index (χ0v) is 28.9. The molecule has 0 amide bonds. The first-order valence-electron chi connectivity index (χ1n) is 16.9. The molecule has 0 spiro atoms. The molecule has 0 aliphatic heterocycles. The van der Waals surface area contributed by atoms with Crippen LogP contribution in [0.4, 0.5) is 0 Å². The third kappa shape index (κ3) is 5.38. The molecule has 0 saturated carbocycles. The van der Waals surface area contributed by atoms with Crippen molar-refractivity contribution in [2.75, 3.05) is 0 Å². The minimum atomic E-state index is 0.0461.